The van der Waals surface area contributed by atoms with Gasteiger partial charge in [-0.05, 0) is 45.0 Å². The van der Waals surface area contributed by atoms with Gasteiger partial charge in [-0.1, -0.05) is 19.6 Å². The van der Waals surface area contributed by atoms with E-state index < -0.39 is 31.6 Å². The Morgan fingerprint density at radius 3 is 2.46 bits per heavy atom. The van der Waals surface area contributed by atoms with Gasteiger partial charge in [0, 0.05) is 45.1 Å². The van der Waals surface area contributed by atoms with E-state index in [9.17, 15) is 14.0 Å². The highest BCUT2D eigenvalue weighted by Gasteiger charge is 2.20. The van der Waals surface area contributed by atoms with Gasteiger partial charge in [-0.3, -0.25) is 14.8 Å². The summed E-state index contributed by atoms with van der Waals surface area (Å²) in [5, 5.41) is 10.00. The summed E-state index contributed by atoms with van der Waals surface area (Å²) in [7, 11) is 0.590. The van der Waals surface area contributed by atoms with Crippen LogP contribution in [0.1, 0.15) is 31.1 Å². The second-order valence-electron chi connectivity index (χ2n) is 12.0. The van der Waals surface area contributed by atoms with E-state index >= 15 is 0 Å². The van der Waals surface area contributed by atoms with Crippen molar-refractivity contribution < 1.29 is 23.5 Å². The van der Waals surface area contributed by atoms with Gasteiger partial charge in [-0.2, -0.15) is 9.49 Å². The standard InChI is InChI=1S/C28H36FN7O4Si/c1-28(2,3)40-27(38)33-21-12-22(24(29)30-15-21)34-26(37)19-10-18-11-23(20-14-32-35(4)16-20)36(25(18)31-13-19)17-39-8-9-41(5,6)7/h10-16H,8-9,17H2,1-7H3,(H,33,38)(H,34,37). The van der Waals surface area contributed by atoms with Crippen LogP contribution in [0.25, 0.3) is 22.3 Å². The van der Waals surface area contributed by atoms with Crippen molar-refractivity contribution in [3.63, 3.8) is 0 Å². The van der Waals surface area contributed by atoms with Crippen LogP contribution in [0, 0.1) is 5.95 Å². The number of aromatic nitrogens is 5. The molecule has 4 rings (SSSR count). The van der Waals surface area contributed by atoms with Crippen LogP contribution in [0.2, 0.25) is 25.7 Å². The molecule has 4 heterocycles. The molecule has 0 saturated carbocycles. The van der Waals surface area contributed by atoms with Crippen LogP contribution < -0.4 is 10.6 Å². The van der Waals surface area contributed by atoms with Crippen molar-refractivity contribution in [1.29, 1.82) is 0 Å². The van der Waals surface area contributed by atoms with Gasteiger partial charge in [0.2, 0.25) is 5.95 Å². The molecule has 0 fully saturated rings. The number of rotatable bonds is 9. The van der Waals surface area contributed by atoms with Gasteiger partial charge in [0.25, 0.3) is 5.91 Å². The number of ether oxygens (including phenoxy) is 2. The first-order chi connectivity index (χ1) is 19.2. The molecule has 0 unspecified atom stereocenters. The van der Waals surface area contributed by atoms with Gasteiger partial charge in [0.05, 0.1) is 35.0 Å². The molecule has 0 aromatic carbocycles. The van der Waals surface area contributed by atoms with E-state index in [4.69, 9.17) is 9.47 Å². The topological polar surface area (TPSA) is 125 Å². The largest absolute Gasteiger partial charge is 0.444 e. The maximum atomic E-state index is 14.5. The highest BCUT2D eigenvalue weighted by molar-refractivity contribution is 6.76. The fourth-order valence-electron chi connectivity index (χ4n) is 3.95. The van der Waals surface area contributed by atoms with Crippen LogP contribution >= 0.6 is 0 Å². The van der Waals surface area contributed by atoms with E-state index in [0.717, 1.165) is 23.5 Å². The summed E-state index contributed by atoms with van der Waals surface area (Å²) in [5.74, 6) is -1.49. The normalized spacial score (nSPS) is 12.0. The highest BCUT2D eigenvalue weighted by Crippen LogP contribution is 2.28. The minimum absolute atomic E-state index is 0.164. The van der Waals surface area contributed by atoms with Crippen LogP contribution in [-0.2, 0) is 23.3 Å². The van der Waals surface area contributed by atoms with Gasteiger partial charge in [0.1, 0.15) is 18.0 Å². The second-order valence-corrected chi connectivity index (χ2v) is 17.6. The number of fused-ring (bicyclic) bond motifs is 1. The number of carbonyl (C=O) groups is 2. The average molecular weight is 582 g/mol. The molecule has 2 amide bonds. The second kappa shape index (κ2) is 11.8. The lowest BCUT2D eigenvalue weighted by Gasteiger charge is -2.19. The summed E-state index contributed by atoms with van der Waals surface area (Å²) in [6.45, 7) is 13.0. The molecule has 41 heavy (non-hydrogen) atoms. The first kappa shape index (κ1) is 29.9. The number of carbonyl (C=O) groups excluding carboxylic acids is 2. The van der Waals surface area contributed by atoms with Crippen molar-refractivity contribution in [2.45, 2.75) is 58.8 Å². The smallest absolute Gasteiger partial charge is 0.412 e. The molecule has 13 heteroatoms. The van der Waals surface area contributed by atoms with E-state index in [-0.39, 0.29) is 16.9 Å². The number of aryl methyl sites for hydroxylation is 1. The van der Waals surface area contributed by atoms with Gasteiger partial charge in [-0.15, -0.1) is 0 Å². The van der Waals surface area contributed by atoms with Crippen LogP contribution in [0.3, 0.4) is 0 Å². The molecule has 0 atom stereocenters. The summed E-state index contributed by atoms with van der Waals surface area (Å²) in [6.07, 6.45) is 5.49. The van der Waals surface area contributed by atoms with Gasteiger partial charge in [-0.25, -0.2) is 14.8 Å². The summed E-state index contributed by atoms with van der Waals surface area (Å²) in [6, 6.07) is 5.91. The van der Waals surface area contributed by atoms with E-state index in [1.165, 1.54) is 12.3 Å². The summed E-state index contributed by atoms with van der Waals surface area (Å²) in [4.78, 5) is 33.4. The quantitative estimate of drug-likeness (QED) is 0.144. The van der Waals surface area contributed by atoms with Crippen molar-refractivity contribution in [2.24, 2.45) is 7.05 Å². The minimum Gasteiger partial charge on any atom is -0.444 e. The molecule has 0 aliphatic heterocycles. The monoisotopic (exact) mass is 581 g/mol. The molecule has 4 aromatic heterocycles. The summed E-state index contributed by atoms with van der Waals surface area (Å²) < 4.78 is 29.4. The Hall–Kier alpha value is -4.10. The number of nitrogens with zero attached hydrogens (tertiary/aromatic N) is 5. The third-order valence-corrected chi connectivity index (χ3v) is 7.65. The first-order valence-electron chi connectivity index (χ1n) is 13.2. The minimum atomic E-state index is -1.25. The number of hydrogen-bond donors (Lipinski definition) is 2. The third kappa shape index (κ3) is 7.98. The molecular weight excluding hydrogens is 545 g/mol. The Bertz CT molecular complexity index is 1570. The molecule has 0 aliphatic rings. The summed E-state index contributed by atoms with van der Waals surface area (Å²) in [5.41, 5.74) is 1.85. The van der Waals surface area contributed by atoms with E-state index in [1.54, 1.807) is 37.7 Å². The maximum absolute atomic E-state index is 14.5. The molecule has 0 bridgehead atoms. The predicted molar refractivity (Wildman–Crippen MR) is 158 cm³/mol. The maximum Gasteiger partial charge on any atom is 0.412 e. The van der Waals surface area contributed by atoms with Crippen LogP contribution in [-0.4, -0.2) is 56.6 Å². The molecule has 0 saturated heterocycles. The summed E-state index contributed by atoms with van der Waals surface area (Å²) >= 11 is 0. The molecule has 0 aliphatic carbocycles. The number of amides is 2. The zero-order chi connectivity index (χ0) is 29.9. The van der Waals surface area contributed by atoms with E-state index in [1.807, 2.05) is 23.9 Å². The van der Waals surface area contributed by atoms with Gasteiger partial charge in [0.15, 0.2) is 0 Å². The molecule has 218 valence electrons. The number of anilines is 2. The van der Waals surface area contributed by atoms with Gasteiger partial charge < -0.3 is 19.4 Å². The number of pyridine rings is 2. The van der Waals surface area contributed by atoms with Crippen molar-refractivity contribution in [1.82, 2.24) is 24.3 Å². The Labute approximate surface area is 239 Å². The van der Waals surface area contributed by atoms with Crippen molar-refractivity contribution >= 4 is 42.5 Å². The van der Waals surface area contributed by atoms with Crippen LogP contribution in [0.5, 0.6) is 0 Å². The molecular formula is C28H36FN7O4Si. The Balaban J connectivity index is 1.57. The lowest BCUT2D eigenvalue weighted by atomic mass is 10.2. The number of hydrogen-bond acceptors (Lipinski definition) is 7. The zero-order valence-electron chi connectivity index (χ0n) is 24.4. The molecule has 4 aromatic rings. The van der Waals surface area contributed by atoms with Crippen molar-refractivity contribution in [2.75, 3.05) is 17.2 Å². The Morgan fingerprint density at radius 2 is 1.80 bits per heavy atom. The lowest BCUT2D eigenvalue weighted by Crippen LogP contribution is -2.27. The van der Waals surface area contributed by atoms with Crippen molar-refractivity contribution in [3.8, 4) is 11.3 Å². The first-order valence-corrected chi connectivity index (χ1v) is 16.9. The van der Waals surface area contributed by atoms with Crippen LogP contribution in [0.15, 0.2) is 43.0 Å². The van der Waals surface area contributed by atoms with Crippen molar-refractivity contribution in [3.05, 3.63) is 54.5 Å². The van der Waals surface area contributed by atoms with E-state index in [2.05, 4.69) is 45.3 Å². The molecule has 2 N–H and O–H groups in total. The Morgan fingerprint density at radius 1 is 1.05 bits per heavy atom. The average Bonchev–Trinajstić information content (AvgIpc) is 3.44. The molecule has 11 nitrogen and oxygen atoms in total. The fourth-order valence-corrected chi connectivity index (χ4v) is 4.70. The van der Waals surface area contributed by atoms with E-state index in [0.29, 0.717) is 24.4 Å². The fraction of sp³-hybridized carbons (Fsp3) is 0.393. The molecule has 0 radical (unpaired) electrons. The zero-order valence-corrected chi connectivity index (χ0v) is 25.4. The SMILES string of the molecule is Cn1cc(-c2cc3cc(C(=O)Nc4cc(NC(=O)OC(C)(C)C)cnc4F)cnc3n2COCC[Si](C)(C)C)cn1. The number of halogens is 1. The molecule has 0 spiro atoms. The lowest BCUT2D eigenvalue weighted by molar-refractivity contribution is 0.0635. The van der Waals surface area contributed by atoms with Crippen LogP contribution in [0.4, 0.5) is 20.6 Å². The predicted octanol–water partition coefficient (Wildman–Crippen LogP) is 5.88. The highest BCUT2D eigenvalue weighted by atomic mass is 28.3. The third-order valence-electron chi connectivity index (χ3n) is 5.95. The Kier molecular flexibility index (Phi) is 8.59. The number of nitrogens with one attached hydrogen (secondary N) is 2. The van der Waals surface area contributed by atoms with Gasteiger partial charge >= 0.3 is 6.09 Å².